The normalized spacial score (nSPS) is 23.5. The second-order valence-electron chi connectivity index (χ2n) is 6.93. The summed E-state index contributed by atoms with van der Waals surface area (Å²) in [6.45, 7) is 6.62. The maximum atomic E-state index is 12.4. The molecule has 0 saturated carbocycles. The van der Waals surface area contributed by atoms with Crippen molar-refractivity contribution < 1.29 is 9.21 Å². The molecular formula is C19H23N3O2. The third-order valence-electron chi connectivity index (χ3n) is 5.05. The van der Waals surface area contributed by atoms with Gasteiger partial charge in [-0.2, -0.15) is 0 Å². The quantitative estimate of drug-likeness (QED) is 0.943. The standard InChI is InChI=1S/C19H23N3O2/c1-14-7-8-18(24-14)13-21-9-15-11-22(12-16(15)10-21)19(23)20-17-5-3-2-4-6-17/h2-8,15-16H,9-13H2,1H3,(H,20,23). The third-order valence-corrected chi connectivity index (χ3v) is 5.05. The number of aryl methyl sites for hydroxylation is 1. The zero-order valence-corrected chi connectivity index (χ0v) is 13.9. The molecule has 0 spiro atoms. The number of fused-ring (bicyclic) bond motifs is 1. The van der Waals surface area contributed by atoms with Crippen LogP contribution < -0.4 is 5.32 Å². The van der Waals surface area contributed by atoms with Gasteiger partial charge in [-0.25, -0.2) is 4.79 Å². The topological polar surface area (TPSA) is 48.7 Å². The molecular weight excluding hydrogens is 302 g/mol. The van der Waals surface area contributed by atoms with Crippen LogP contribution in [0.2, 0.25) is 0 Å². The fraction of sp³-hybridized carbons (Fsp3) is 0.421. The lowest BCUT2D eigenvalue weighted by molar-refractivity contribution is 0.209. The Bertz CT molecular complexity index is 698. The summed E-state index contributed by atoms with van der Waals surface area (Å²) in [6, 6.07) is 13.7. The van der Waals surface area contributed by atoms with Gasteiger partial charge in [0.1, 0.15) is 11.5 Å². The molecule has 2 aromatic rings. The minimum atomic E-state index is 0.0174. The molecule has 5 heteroatoms. The van der Waals surface area contributed by atoms with Gasteiger partial charge in [-0.05, 0) is 43.0 Å². The van der Waals surface area contributed by atoms with Crippen molar-refractivity contribution in [2.24, 2.45) is 11.8 Å². The number of carbonyl (C=O) groups is 1. The Morgan fingerprint density at radius 1 is 1.08 bits per heavy atom. The lowest BCUT2D eigenvalue weighted by atomic mass is 10.0. The molecule has 5 nitrogen and oxygen atoms in total. The molecule has 0 radical (unpaired) electrons. The van der Waals surface area contributed by atoms with Crippen LogP contribution in [0.25, 0.3) is 0 Å². The van der Waals surface area contributed by atoms with Gasteiger partial charge in [-0.1, -0.05) is 18.2 Å². The highest BCUT2D eigenvalue weighted by Crippen LogP contribution is 2.32. The number of nitrogens with one attached hydrogen (secondary N) is 1. The predicted octanol–water partition coefficient (Wildman–Crippen LogP) is 3.18. The van der Waals surface area contributed by atoms with Crippen molar-refractivity contribution in [3.63, 3.8) is 0 Å². The van der Waals surface area contributed by atoms with E-state index in [1.54, 1.807) is 0 Å². The fourth-order valence-electron chi connectivity index (χ4n) is 3.90. The smallest absolute Gasteiger partial charge is 0.321 e. The maximum Gasteiger partial charge on any atom is 0.321 e. The van der Waals surface area contributed by atoms with Crippen molar-refractivity contribution in [2.45, 2.75) is 13.5 Å². The van der Waals surface area contributed by atoms with Gasteiger partial charge in [0.2, 0.25) is 0 Å². The SMILES string of the molecule is Cc1ccc(CN2CC3CN(C(=O)Nc4ccccc4)CC3C2)o1. The first kappa shape index (κ1) is 15.3. The Morgan fingerprint density at radius 3 is 2.42 bits per heavy atom. The van der Waals surface area contributed by atoms with E-state index < -0.39 is 0 Å². The van der Waals surface area contributed by atoms with Gasteiger partial charge in [0, 0.05) is 31.9 Å². The van der Waals surface area contributed by atoms with Gasteiger partial charge < -0.3 is 14.6 Å². The molecule has 0 bridgehead atoms. The summed E-state index contributed by atoms with van der Waals surface area (Å²) in [4.78, 5) is 16.8. The molecule has 2 amide bonds. The van der Waals surface area contributed by atoms with E-state index in [-0.39, 0.29) is 6.03 Å². The molecule has 2 aliphatic heterocycles. The van der Waals surface area contributed by atoms with E-state index in [0.29, 0.717) is 11.8 Å². The Morgan fingerprint density at radius 2 is 1.79 bits per heavy atom. The second-order valence-corrected chi connectivity index (χ2v) is 6.93. The van der Waals surface area contributed by atoms with E-state index in [1.807, 2.05) is 48.2 Å². The molecule has 2 atom stereocenters. The van der Waals surface area contributed by atoms with Crippen LogP contribution in [0.5, 0.6) is 0 Å². The summed E-state index contributed by atoms with van der Waals surface area (Å²) in [5, 5.41) is 2.99. The molecule has 0 aliphatic carbocycles. The lowest BCUT2D eigenvalue weighted by Crippen LogP contribution is -2.36. The summed E-state index contributed by atoms with van der Waals surface area (Å²) in [5.74, 6) is 3.14. The van der Waals surface area contributed by atoms with Crippen LogP contribution in [-0.2, 0) is 6.54 Å². The van der Waals surface area contributed by atoms with Crippen molar-refractivity contribution in [1.82, 2.24) is 9.80 Å². The number of hydrogen-bond acceptors (Lipinski definition) is 3. The summed E-state index contributed by atoms with van der Waals surface area (Å²) < 4.78 is 5.68. The van der Waals surface area contributed by atoms with Gasteiger partial charge in [0.25, 0.3) is 0 Å². The first-order chi connectivity index (χ1) is 11.7. The van der Waals surface area contributed by atoms with E-state index in [0.717, 1.165) is 49.9 Å². The Kier molecular flexibility index (Phi) is 4.02. The minimum Gasteiger partial charge on any atom is -0.465 e. The number of amides is 2. The third kappa shape index (κ3) is 3.17. The van der Waals surface area contributed by atoms with Crippen molar-refractivity contribution in [3.8, 4) is 0 Å². The van der Waals surface area contributed by atoms with Crippen molar-refractivity contribution >= 4 is 11.7 Å². The Labute approximate surface area is 142 Å². The lowest BCUT2D eigenvalue weighted by Gasteiger charge is -2.21. The highest BCUT2D eigenvalue weighted by atomic mass is 16.3. The largest absolute Gasteiger partial charge is 0.465 e. The van der Waals surface area contributed by atoms with Crippen LogP contribution in [0.4, 0.5) is 10.5 Å². The molecule has 2 fully saturated rings. The monoisotopic (exact) mass is 325 g/mol. The molecule has 3 heterocycles. The molecule has 2 saturated heterocycles. The minimum absolute atomic E-state index is 0.0174. The summed E-state index contributed by atoms with van der Waals surface area (Å²) in [6.07, 6.45) is 0. The molecule has 1 N–H and O–H groups in total. The average Bonchev–Trinajstić information content (AvgIpc) is 3.23. The van der Waals surface area contributed by atoms with Crippen molar-refractivity contribution in [3.05, 3.63) is 54.0 Å². The number of anilines is 1. The van der Waals surface area contributed by atoms with E-state index in [9.17, 15) is 4.79 Å². The van der Waals surface area contributed by atoms with E-state index in [2.05, 4.69) is 16.3 Å². The number of urea groups is 1. The predicted molar refractivity (Wildman–Crippen MR) is 92.7 cm³/mol. The zero-order chi connectivity index (χ0) is 16.5. The first-order valence-corrected chi connectivity index (χ1v) is 8.56. The van der Waals surface area contributed by atoms with E-state index in [4.69, 9.17) is 4.42 Å². The molecule has 4 rings (SSSR count). The number of likely N-dealkylation sites (tertiary alicyclic amines) is 2. The highest BCUT2D eigenvalue weighted by molar-refractivity contribution is 5.89. The fourth-order valence-corrected chi connectivity index (χ4v) is 3.90. The second kappa shape index (κ2) is 6.32. The molecule has 1 aromatic heterocycles. The Hall–Kier alpha value is -2.27. The number of nitrogens with zero attached hydrogens (tertiary/aromatic N) is 2. The van der Waals surface area contributed by atoms with Gasteiger partial charge in [0.05, 0.1) is 6.54 Å². The molecule has 2 unspecified atom stereocenters. The number of benzene rings is 1. The van der Waals surface area contributed by atoms with Crippen LogP contribution in [0.1, 0.15) is 11.5 Å². The van der Waals surface area contributed by atoms with Crippen LogP contribution in [-0.4, -0.2) is 42.0 Å². The zero-order valence-electron chi connectivity index (χ0n) is 13.9. The number of rotatable bonds is 3. The highest BCUT2D eigenvalue weighted by Gasteiger charge is 2.41. The van der Waals surface area contributed by atoms with Gasteiger partial charge in [-0.15, -0.1) is 0 Å². The number of hydrogen-bond donors (Lipinski definition) is 1. The van der Waals surface area contributed by atoms with Crippen LogP contribution in [0.3, 0.4) is 0 Å². The van der Waals surface area contributed by atoms with Crippen molar-refractivity contribution in [2.75, 3.05) is 31.5 Å². The molecule has 126 valence electrons. The van der Waals surface area contributed by atoms with Crippen LogP contribution >= 0.6 is 0 Å². The van der Waals surface area contributed by atoms with E-state index in [1.165, 1.54) is 0 Å². The number of carbonyl (C=O) groups excluding carboxylic acids is 1. The van der Waals surface area contributed by atoms with Crippen LogP contribution in [0.15, 0.2) is 46.9 Å². The van der Waals surface area contributed by atoms with Gasteiger partial charge in [0.15, 0.2) is 0 Å². The first-order valence-electron chi connectivity index (χ1n) is 8.56. The molecule has 1 aromatic carbocycles. The van der Waals surface area contributed by atoms with Crippen molar-refractivity contribution in [1.29, 1.82) is 0 Å². The van der Waals surface area contributed by atoms with Crippen LogP contribution in [0, 0.1) is 18.8 Å². The maximum absolute atomic E-state index is 12.4. The number of furan rings is 1. The summed E-state index contributed by atoms with van der Waals surface area (Å²) in [7, 11) is 0. The van der Waals surface area contributed by atoms with Gasteiger partial charge >= 0.3 is 6.03 Å². The van der Waals surface area contributed by atoms with Gasteiger partial charge in [-0.3, -0.25) is 4.90 Å². The molecule has 24 heavy (non-hydrogen) atoms. The van der Waals surface area contributed by atoms with E-state index >= 15 is 0 Å². The molecule has 2 aliphatic rings. The number of para-hydroxylation sites is 1. The summed E-state index contributed by atoms with van der Waals surface area (Å²) >= 11 is 0. The average molecular weight is 325 g/mol. The Balaban J connectivity index is 1.30. The summed E-state index contributed by atoms with van der Waals surface area (Å²) in [5.41, 5.74) is 0.856.